The van der Waals surface area contributed by atoms with E-state index in [0.29, 0.717) is 12.6 Å². The van der Waals surface area contributed by atoms with Gasteiger partial charge in [0.1, 0.15) is 12.4 Å². The van der Waals surface area contributed by atoms with Crippen LogP contribution in [0.1, 0.15) is 55.2 Å². The van der Waals surface area contributed by atoms with Gasteiger partial charge in [0.2, 0.25) is 0 Å². The summed E-state index contributed by atoms with van der Waals surface area (Å²) in [5.74, 6) is 1.77. The highest BCUT2D eigenvalue weighted by Gasteiger charge is 2.40. The third-order valence-corrected chi connectivity index (χ3v) is 8.14. The maximum atomic E-state index is 6.17. The molecular formula is C26H25ClN2O. The number of rotatable bonds is 1. The molecule has 5 aliphatic rings. The second-order valence-electron chi connectivity index (χ2n) is 9.55. The van der Waals surface area contributed by atoms with Gasteiger partial charge < -0.3 is 10.1 Å². The van der Waals surface area contributed by atoms with Crippen LogP contribution in [-0.2, 0) is 13.0 Å². The zero-order valence-electron chi connectivity index (χ0n) is 17.0. The Morgan fingerprint density at radius 3 is 2.87 bits per heavy atom. The molecule has 0 spiro atoms. The first-order valence-electron chi connectivity index (χ1n) is 11.4. The number of aliphatic imine (C=N–C) groups is 1. The molecule has 4 heteroatoms. The molecule has 3 heterocycles. The topological polar surface area (TPSA) is 33.6 Å². The van der Waals surface area contributed by atoms with Crippen molar-refractivity contribution < 1.29 is 4.74 Å². The van der Waals surface area contributed by atoms with Crippen molar-refractivity contribution in [1.82, 2.24) is 5.32 Å². The summed E-state index contributed by atoms with van der Waals surface area (Å²) in [6, 6.07) is 12.0. The van der Waals surface area contributed by atoms with E-state index in [0.717, 1.165) is 47.6 Å². The van der Waals surface area contributed by atoms with Gasteiger partial charge in [0.05, 0.1) is 0 Å². The number of fused-ring (bicyclic) bond motifs is 6. The molecule has 1 unspecified atom stereocenters. The zero-order valence-corrected chi connectivity index (χ0v) is 17.8. The van der Waals surface area contributed by atoms with Gasteiger partial charge in [-0.15, -0.1) is 0 Å². The lowest BCUT2D eigenvalue weighted by molar-refractivity contribution is 0.302. The van der Waals surface area contributed by atoms with Crippen molar-refractivity contribution in [3.05, 3.63) is 57.7 Å². The molecule has 1 N–H and O–H groups in total. The van der Waals surface area contributed by atoms with Gasteiger partial charge in [-0.25, -0.2) is 0 Å². The van der Waals surface area contributed by atoms with E-state index in [1.165, 1.54) is 64.9 Å². The molecule has 152 valence electrons. The summed E-state index contributed by atoms with van der Waals surface area (Å²) in [6.45, 7) is 0.611. The van der Waals surface area contributed by atoms with Crippen molar-refractivity contribution in [3.63, 3.8) is 0 Å². The van der Waals surface area contributed by atoms with Crippen molar-refractivity contribution in [2.24, 2.45) is 10.9 Å². The standard InChI is InChI=1S/C26H25ClN2O/c27-17-5-6-18-20-8-14-4-7-23-21(19(14)9-16(20)13-30-26(18)11-17)12-25(29-23)24-10-15-2-1-3-22(15)28-24/h5-6,8-9,11,15,22,24,28H,1-4,7,10,12-13H2/t15-,22-,24?/m0/s1. The van der Waals surface area contributed by atoms with Crippen molar-refractivity contribution in [1.29, 1.82) is 0 Å². The van der Waals surface area contributed by atoms with Crippen LogP contribution >= 0.6 is 11.6 Å². The highest BCUT2D eigenvalue weighted by molar-refractivity contribution is 6.30. The molecule has 3 nitrogen and oxygen atoms in total. The maximum Gasteiger partial charge on any atom is 0.129 e. The van der Waals surface area contributed by atoms with Crippen molar-refractivity contribution in [2.75, 3.05) is 0 Å². The van der Waals surface area contributed by atoms with E-state index in [1.807, 2.05) is 12.1 Å². The smallest absolute Gasteiger partial charge is 0.129 e. The molecule has 2 aromatic rings. The van der Waals surface area contributed by atoms with Crippen LogP contribution in [0.2, 0.25) is 5.02 Å². The Labute approximate surface area is 182 Å². The fourth-order valence-corrected chi connectivity index (χ4v) is 6.58. The Bertz CT molecular complexity index is 1140. The first-order chi connectivity index (χ1) is 14.7. The van der Waals surface area contributed by atoms with Crippen molar-refractivity contribution >= 4 is 22.9 Å². The van der Waals surface area contributed by atoms with E-state index in [9.17, 15) is 0 Å². The fourth-order valence-electron chi connectivity index (χ4n) is 6.42. The number of hydrogen-bond donors (Lipinski definition) is 1. The van der Waals surface area contributed by atoms with Gasteiger partial charge in [-0.2, -0.15) is 0 Å². The minimum Gasteiger partial charge on any atom is -0.488 e. The molecule has 30 heavy (non-hydrogen) atoms. The van der Waals surface area contributed by atoms with Gasteiger partial charge in [-0.05, 0) is 96.2 Å². The normalized spacial score (nSPS) is 28.3. The van der Waals surface area contributed by atoms with Crippen LogP contribution in [-0.4, -0.2) is 17.8 Å². The molecule has 0 bridgehead atoms. The first-order valence-corrected chi connectivity index (χ1v) is 11.7. The fraction of sp³-hybridized carbons (Fsp3) is 0.423. The number of benzene rings is 2. The molecule has 3 atom stereocenters. The van der Waals surface area contributed by atoms with Gasteiger partial charge in [0, 0.05) is 40.5 Å². The number of nitrogens with zero attached hydrogens (tertiary/aromatic N) is 1. The number of halogens is 1. The van der Waals surface area contributed by atoms with E-state index in [1.54, 1.807) is 0 Å². The van der Waals surface area contributed by atoms with Gasteiger partial charge in [-0.1, -0.05) is 18.0 Å². The lowest BCUT2D eigenvalue weighted by atomic mass is 9.83. The highest BCUT2D eigenvalue weighted by atomic mass is 35.5. The van der Waals surface area contributed by atoms with Crippen LogP contribution in [0, 0.1) is 5.92 Å². The molecule has 2 aliphatic carbocycles. The summed E-state index contributed by atoms with van der Waals surface area (Å²) in [7, 11) is 0. The SMILES string of the molecule is Clc1ccc2c(c1)OCc1cc3c(cc1-2)CCC1=C3CC(C2C[C@@H]3CCC[C@@H]3N2)=N1. The summed E-state index contributed by atoms with van der Waals surface area (Å²) in [5.41, 5.74) is 10.8. The molecule has 2 aromatic carbocycles. The third-order valence-electron chi connectivity index (χ3n) is 7.90. The minimum atomic E-state index is 0.493. The van der Waals surface area contributed by atoms with E-state index in [-0.39, 0.29) is 0 Å². The van der Waals surface area contributed by atoms with E-state index in [2.05, 4.69) is 23.5 Å². The number of aryl methyl sites for hydroxylation is 1. The van der Waals surface area contributed by atoms with E-state index in [4.69, 9.17) is 21.3 Å². The van der Waals surface area contributed by atoms with Gasteiger partial charge in [-0.3, -0.25) is 4.99 Å². The lowest BCUT2D eigenvalue weighted by Gasteiger charge is -2.26. The van der Waals surface area contributed by atoms with Gasteiger partial charge in [0.15, 0.2) is 0 Å². The molecule has 2 fully saturated rings. The predicted molar refractivity (Wildman–Crippen MR) is 121 cm³/mol. The van der Waals surface area contributed by atoms with Crippen molar-refractivity contribution in [3.8, 4) is 16.9 Å². The predicted octanol–water partition coefficient (Wildman–Crippen LogP) is 5.93. The van der Waals surface area contributed by atoms with Crippen LogP contribution in [0.3, 0.4) is 0 Å². The number of allylic oxidation sites excluding steroid dienone is 2. The summed E-state index contributed by atoms with van der Waals surface area (Å²) < 4.78 is 6.04. The molecule has 3 aliphatic heterocycles. The average Bonchev–Trinajstić information content (AvgIpc) is 3.46. The number of hydrogen-bond acceptors (Lipinski definition) is 3. The van der Waals surface area contributed by atoms with E-state index < -0.39 is 0 Å². The van der Waals surface area contributed by atoms with Crippen LogP contribution in [0.4, 0.5) is 0 Å². The summed E-state index contributed by atoms with van der Waals surface area (Å²) in [5, 5.41) is 4.63. The zero-order chi connectivity index (χ0) is 19.8. The third kappa shape index (κ3) is 2.58. The Kier molecular flexibility index (Phi) is 3.78. The monoisotopic (exact) mass is 416 g/mol. The highest BCUT2D eigenvalue weighted by Crippen LogP contribution is 2.46. The molecule has 0 amide bonds. The molecule has 0 aromatic heterocycles. The second-order valence-corrected chi connectivity index (χ2v) is 9.99. The van der Waals surface area contributed by atoms with Gasteiger partial charge >= 0.3 is 0 Å². The minimum absolute atomic E-state index is 0.493. The number of ether oxygens (including phenoxy) is 1. The molecule has 1 saturated heterocycles. The molecular weight excluding hydrogens is 392 g/mol. The summed E-state index contributed by atoms with van der Waals surface area (Å²) in [4.78, 5) is 5.16. The van der Waals surface area contributed by atoms with Crippen LogP contribution < -0.4 is 10.1 Å². The lowest BCUT2D eigenvalue weighted by Crippen LogP contribution is -2.34. The average molecular weight is 417 g/mol. The van der Waals surface area contributed by atoms with E-state index >= 15 is 0 Å². The Hall–Kier alpha value is -2.10. The number of nitrogens with one attached hydrogen (secondary N) is 1. The maximum absolute atomic E-state index is 6.17. The van der Waals surface area contributed by atoms with Gasteiger partial charge in [0.25, 0.3) is 0 Å². The summed E-state index contributed by atoms with van der Waals surface area (Å²) in [6.07, 6.45) is 8.59. The van der Waals surface area contributed by atoms with Crippen molar-refractivity contribution in [2.45, 2.75) is 63.6 Å². The first kappa shape index (κ1) is 17.6. The largest absolute Gasteiger partial charge is 0.488 e. The van der Waals surface area contributed by atoms with Crippen LogP contribution in [0.15, 0.2) is 41.0 Å². The molecule has 7 rings (SSSR count). The Morgan fingerprint density at radius 1 is 1.00 bits per heavy atom. The second kappa shape index (κ2) is 6.45. The quantitative estimate of drug-likeness (QED) is 0.624. The Morgan fingerprint density at radius 2 is 1.93 bits per heavy atom. The Balaban J connectivity index is 1.21. The van der Waals surface area contributed by atoms with Crippen LogP contribution in [0.5, 0.6) is 5.75 Å². The molecule has 0 radical (unpaired) electrons. The molecule has 1 saturated carbocycles. The van der Waals surface area contributed by atoms with Crippen LogP contribution in [0.25, 0.3) is 16.7 Å². The summed E-state index contributed by atoms with van der Waals surface area (Å²) >= 11 is 6.17.